The Kier molecular flexibility index (Phi) is 3.80. The van der Waals surface area contributed by atoms with Gasteiger partial charge in [0.25, 0.3) is 0 Å². The Bertz CT molecular complexity index is 317. The van der Waals surface area contributed by atoms with E-state index in [1.807, 2.05) is 12.1 Å². The van der Waals surface area contributed by atoms with Crippen molar-refractivity contribution in [1.29, 1.82) is 0 Å². The molecule has 2 rings (SSSR count). The molecule has 0 aromatic heterocycles. The fraction of sp³-hybridized carbons (Fsp3) is 0.538. The smallest absolute Gasteiger partial charge is 0.115 e. The topological polar surface area (TPSA) is 41.5 Å². The van der Waals surface area contributed by atoms with Crippen molar-refractivity contribution in [1.82, 2.24) is 5.32 Å². The third-order valence-electron chi connectivity index (χ3n) is 3.24. The molecule has 1 aromatic rings. The van der Waals surface area contributed by atoms with E-state index in [-0.39, 0.29) is 0 Å². The van der Waals surface area contributed by atoms with Crippen LogP contribution in [0.3, 0.4) is 0 Å². The second-order valence-electron chi connectivity index (χ2n) is 4.46. The molecule has 1 aromatic carbocycles. The Morgan fingerprint density at radius 2 is 2.19 bits per heavy atom. The number of nitrogens with one attached hydrogen (secondary N) is 1. The summed E-state index contributed by atoms with van der Waals surface area (Å²) in [4.78, 5) is 0. The van der Waals surface area contributed by atoms with E-state index in [9.17, 15) is 0 Å². The lowest BCUT2D eigenvalue weighted by Gasteiger charge is -2.19. The molecule has 0 radical (unpaired) electrons. The van der Waals surface area contributed by atoms with Crippen LogP contribution in [0.4, 0.5) is 0 Å². The molecular formula is C13H19NO2. The molecule has 1 aliphatic heterocycles. The average molecular weight is 221 g/mol. The predicted octanol–water partition coefficient (Wildman–Crippen LogP) is 1.91. The van der Waals surface area contributed by atoms with Crippen molar-refractivity contribution in [3.8, 4) is 5.75 Å². The molecule has 16 heavy (non-hydrogen) atoms. The quantitative estimate of drug-likeness (QED) is 0.816. The summed E-state index contributed by atoms with van der Waals surface area (Å²) in [7, 11) is 0. The minimum absolute atomic E-state index is 0.320. The lowest BCUT2D eigenvalue weighted by Crippen LogP contribution is -2.33. The standard InChI is InChI=1S/C13H19NO2/c1-10(12-6-7-16-9-12)14-8-11-2-4-13(15)5-3-11/h2-5,10,12,14-15H,6-9H2,1H3. The van der Waals surface area contributed by atoms with E-state index in [4.69, 9.17) is 9.84 Å². The summed E-state index contributed by atoms with van der Waals surface area (Å²) in [5.74, 6) is 0.957. The van der Waals surface area contributed by atoms with E-state index in [1.165, 1.54) is 5.56 Å². The van der Waals surface area contributed by atoms with Gasteiger partial charge in [0, 0.05) is 19.2 Å². The molecular weight excluding hydrogens is 202 g/mol. The number of phenolic OH excluding ortho intramolecular Hbond substituents is 1. The SMILES string of the molecule is CC(NCc1ccc(O)cc1)C1CCOC1. The first-order valence-electron chi connectivity index (χ1n) is 5.85. The maximum Gasteiger partial charge on any atom is 0.115 e. The van der Waals surface area contributed by atoms with Gasteiger partial charge in [0.05, 0.1) is 6.61 Å². The van der Waals surface area contributed by atoms with Gasteiger partial charge >= 0.3 is 0 Å². The molecule has 0 saturated carbocycles. The van der Waals surface area contributed by atoms with Crippen LogP contribution in [-0.2, 0) is 11.3 Å². The fourth-order valence-electron chi connectivity index (χ4n) is 2.01. The number of hydrogen-bond donors (Lipinski definition) is 2. The highest BCUT2D eigenvalue weighted by Gasteiger charge is 2.21. The van der Waals surface area contributed by atoms with Crippen molar-refractivity contribution in [2.75, 3.05) is 13.2 Å². The summed E-state index contributed by atoms with van der Waals surface area (Å²) in [5, 5.41) is 12.7. The zero-order chi connectivity index (χ0) is 11.4. The highest BCUT2D eigenvalue weighted by molar-refractivity contribution is 5.25. The molecule has 1 heterocycles. The van der Waals surface area contributed by atoms with Crippen LogP contribution in [-0.4, -0.2) is 24.4 Å². The first-order valence-corrected chi connectivity index (χ1v) is 5.85. The Morgan fingerprint density at radius 3 is 2.81 bits per heavy atom. The van der Waals surface area contributed by atoms with Gasteiger partial charge in [0.15, 0.2) is 0 Å². The first kappa shape index (κ1) is 11.4. The second kappa shape index (κ2) is 5.32. The predicted molar refractivity (Wildman–Crippen MR) is 63.3 cm³/mol. The maximum atomic E-state index is 9.17. The van der Waals surface area contributed by atoms with Gasteiger partial charge in [0.1, 0.15) is 5.75 Å². The van der Waals surface area contributed by atoms with Crippen molar-refractivity contribution >= 4 is 0 Å². The maximum absolute atomic E-state index is 9.17. The number of benzene rings is 1. The summed E-state index contributed by atoms with van der Waals surface area (Å²) in [6, 6.07) is 7.82. The Hall–Kier alpha value is -1.06. The van der Waals surface area contributed by atoms with Gasteiger partial charge in [-0.25, -0.2) is 0 Å². The lowest BCUT2D eigenvalue weighted by atomic mass is 10.0. The molecule has 0 spiro atoms. The molecule has 0 amide bonds. The van der Waals surface area contributed by atoms with Crippen LogP contribution in [0.15, 0.2) is 24.3 Å². The van der Waals surface area contributed by atoms with Gasteiger partial charge in [0.2, 0.25) is 0 Å². The monoisotopic (exact) mass is 221 g/mol. The molecule has 1 fully saturated rings. The van der Waals surface area contributed by atoms with Crippen molar-refractivity contribution in [3.05, 3.63) is 29.8 Å². The molecule has 2 unspecified atom stereocenters. The molecule has 88 valence electrons. The Labute approximate surface area is 96.4 Å². The molecule has 1 saturated heterocycles. The van der Waals surface area contributed by atoms with Gasteiger partial charge in [-0.05, 0) is 37.0 Å². The Balaban J connectivity index is 1.80. The normalized spacial score (nSPS) is 22.2. The van der Waals surface area contributed by atoms with Gasteiger partial charge in [-0.1, -0.05) is 12.1 Å². The van der Waals surface area contributed by atoms with Crippen LogP contribution in [0.1, 0.15) is 18.9 Å². The van der Waals surface area contributed by atoms with E-state index in [1.54, 1.807) is 12.1 Å². The Morgan fingerprint density at radius 1 is 1.44 bits per heavy atom. The molecule has 3 heteroatoms. The number of rotatable bonds is 4. The fourth-order valence-corrected chi connectivity index (χ4v) is 2.01. The largest absolute Gasteiger partial charge is 0.508 e. The summed E-state index contributed by atoms with van der Waals surface area (Å²) < 4.78 is 5.37. The van der Waals surface area contributed by atoms with Crippen molar-refractivity contribution in [2.24, 2.45) is 5.92 Å². The highest BCUT2D eigenvalue weighted by atomic mass is 16.5. The van der Waals surface area contributed by atoms with E-state index >= 15 is 0 Å². The van der Waals surface area contributed by atoms with Crippen LogP contribution >= 0.6 is 0 Å². The van der Waals surface area contributed by atoms with Crippen molar-refractivity contribution < 1.29 is 9.84 Å². The van der Waals surface area contributed by atoms with Gasteiger partial charge in [-0.15, -0.1) is 0 Å². The summed E-state index contributed by atoms with van der Waals surface area (Å²) in [5.41, 5.74) is 1.20. The molecule has 0 bridgehead atoms. The minimum atomic E-state index is 0.320. The van der Waals surface area contributed by atoms with Crippen LogP contribution in [0.2, 0.25) is 0 Å². The second-order valence-corrected chi connectivity index (χ2v) is 4.46. The molecule has 1 aliphatic rings. The van der Waals surface area contributed by atoms with Gasteiger partial charge in [-0.2, -0.15) is 0 Å². The summed E-state index contributed by atoms with van der Waals surface area (Å²) >= 11 is 0. The van der Waals surface area contributed by atoms with E-state index in [0.29, 0.717) is 17.7 Å². The van der Waals surface area contributed by atoms with Gasteiger partial charge in [-0.3, -0.25) is 0 Å². The van der Waals surface area contributed by atoms with Crippen LogP contribution < -0.4 is 5.32 Å². The van der Waals surface area contributed by atoms with Crippen molar-refractivity contribution in [3.63, 3.8) is 0 Å². The average Bonchev–Trinajstić information content (AvgIpc) is 2.81. The van der Waals surface area contributed by atoms with Gasteiger partial charge < -0.3 is 15.2 Å². The zero-order valence-corrected chi connectivity index (χ0v) is 9.65. The van der Waals surface area contributed by atoms with Crippen LogP contribution in [0.25, 0.3) is 0 Å². The van der Waals surface area contributed by atoms with E-state index < -0.39 is 0 Å². The number of aromatic hydroxyl groups is 1. The number of phenols is 1. The number of hydrogen-bond acceptors (Lipinski definition) is 3. The summed E-state index contributed by atoms with van der Waals surface area (Å²) in [6.45, 7) is 4.83. The van der Waals surface area contributed by atoms with E-state index in [2.05, 4.69) is 12.2 Å². The van der Waals surface area contributed by atoms with E-state index in [0.717, 1.165) is 26.2 Å². The van der Waals surface area contributed by atoms with Crippen LogP contribution in [0, 0.1) is 5.92 Å². The third-order valence-corrected chi connectivity index (χ3v) is 3.24. The number of ether oxygens (including phenoxy) is 1. The van der Waals surface area contributed by atoms with Crippen LogP contribution in [0.5, 0.6) is 5.75 Å². The lowest BCUT2D eigenvalue weighted by molar-refractivity contribution is 0.178. The zero-order valence-electron chi connectivity index (χ0n) is 9.65. The minimum Gasteiger partial charge on any atom is -0.508 e. The molecule has 0 aliphatic carbocycles. The molecule has 3 nitrogen and oxygen atoms in total. The highest BCUT2D eigenvalue weighted by Crippen LogP contribution is 2.17. The molecule has 2 N–H and O–H groups in total. The third kappa shape index (κ3) is 2.97. The first-order chi connectivity index (χ1) is 7.75. The van der Waals surface area contributed by atoms with Crippen molar-refractivity contribution in [2.45, 2.75) is 25.9 Å². The molecule has 2 atom stereocenters. The summed E-state index contributed by atoms with van der Waals surface area (Å²) in [6.07, 6.45) is 1.16.